The van der Waals surface area contributed by atoms with Crippen LogP contribution in [0.15, 0.2) is 12.1 Å². The number of benzene rings is 1. The molecular formula is C10H10F2N2O3. The van der Waals surface area contributed by atoms with Gasteiger partial charge >= 0.3 is 5.97 Å². The van der Waals surface area contributed by atoms with Gasteiger partial charge in [-0.15, -0.1) is 0 Å². The van der Waals surface area contributed by atoms with E-state index in [2.05, 4.69) is 10.6 Å². The van der Waals surface area contributed by atoms with Crippen LogP contribution < -0.4 is 10.6 Å². The monoisotopic (exact) mass is 244 g/mol. The Morgan fingerprint density at radius 2 is 1.82 bits per heavy atom. The second-order valence-corrected chi connectivity index (χ2v) is 3.15. The predicted octanol–water partition coefficient (Wildman–Crippen LogP) is 0.821. The van der Waals surface area contributed by atoms with Crippen molar-refractivity contribution in [3.05, 3.63) is 29.3 Å². The van der Waals surface area contributed by atoms with E-state index in [0.29, 0.717) is 12.1 Å². The van der Waals surface area contributed by atoms with Crippen LogP contribution in [0.5, 0.6) is 0 Å². The number of amides is 1. The van der Waals surface area contributed by atoms with Gasteiger partial charge in [0.25, 0.3) is 0 Å². The van der Waals surface area contributed by atoms with Crippen molar-refractivity contribution in [1.82, 2.24) is 5.32 Å². The molecule has 0 saturated heterocycles. The lowest BCUT2D eigenvalue weighted by Gasteiger charge is -2.08. The number of anilines is 1. The summed E-state index contributed by atoms with van der Waals surface area (Å²) in [5, 5.41) is 13.1. The maximum Gasteiger partial charge on any atom is 0.335 e. The van der Waals surface area contributed by atoms with E-state index >= 15 is 0 Å². The maximum absolute atomic E-state index is 13.3. The lowest BCUT2D eigenvalue weighted by atomic mass is 10.2. The minimum absolute atomic E-state index is 0.309. The van der Waals surface area contributed by atoms with Crippen LogP contribution >= 0.6 is 0 Å². The minimum Gasteiger partial charge on any atom is -0.478 e. The highest BCUT2D eigenvalue weighted by Crippen LogP contribution is 2.20. The lowest BCUT2D eigenvalue weighted by molar-refractivity contribution is -0.118. The lowest BCUT2D eigenvalue weighted by Crippen LogP contribution is -2.26. The molecule has 1 aromatic carbocycles. The smallest absolute Gasteiger partial charge is 0.335 e. The first kappa shape index (κ1) is 12.9. The van der Waals surface area contributed by atoms with Gasteiger partial charge in [0, 0.05) is 7.05 Å². The number of halogens is 2. The van der Waals surface area contributed by atoms with Crippen LogP contribution in [-0.4, -0.2) is 30.6 Å². The third kappa shape index (κ3) is 3.13. The Kier molecular flexibility index (Phi) is 3.97. The summed E-state index contributed by atoms with van der Waals surface area (Å²) in [4.78, 5) is 21.4. The van der Waals surface area contributed by atoms with E-state index in [4.69, 9.17) is 5.11 Å². The van der Waals surface area contributed by atoms with Crippen molar-refractivity contribution < 1.29 is 23.5 Å². The van der Waals surface area contributed by atoms with Crippen LogP contribution in [0.25, 0.3) is 0 Å². The number of nitrogens with one attached hydrogen (secondary N) is 2. The van der Waals surface area contributed by atoms with E-state index in [0.717, 1.165) is 0 Å². The van der Waals surface area contributed by atoms with Crippen LogP contribution in [0, 0.1) is 11.6 Å². The number of rotatable bonds is 4. The first-order chi connectivity index (χ1) is 7.95. The molecule has 1 aromatic rings. The van der Waals surface area contributed by atoms with Crippen LogP contribution in [0.2, 0.25) is 0 Å². The number of carbonyl (C=O) groups excluding carboxylic acids is 1. The summed E-state index contributed by atoms with van der Waals surface area (Å²) in [5.74, 6) is -4.01. The van der Waals surface area contributed by atoms with E-state index in [9.17, 15) is 18.4 Å². The van der Waals surface area contributed by atoms with Gasteiger partial charge in [-0.05, 0) is 12.1 Å². The number of likely N-dealkylation sites (N-methyl/N-ethyl adjacent to an activating group) is 1. The molecule has 1 amide bonds. The second-order valence-electron chi connectivity index (χ2n) is 3.15. The summed E-state index contributed by atoms with van der Waals surface area (Å²) in [7, 11) is 1.38. The fraction of sp³-hybridized carbons (Fsp3) is 0.200. The molecular weight excluding hydrogens is 234 g/mol. The van der Waals surface area contributed by atoms with Gasteiger partial charge < -0.3 is 15.7 Å². The van der Waals surface area contributed by atoms with E-state index in [-0.39, 0.29) is 6.54 Å². The highest BCUT2D eigenvalue weighted by Gasteiger charge is 2.14. The first-order valence-corrected chi connectivity index (χ1v) is 4.62. The topological polar surface area (TPSA) is 78.4 Å². The second kappa shape index (κ2) is 5.24. The quantitative estimate of drug-likeness (QED) is 0.732. The van der Waals surface area contributed by atoms with Crippen molar-refractivity contribution in [3.8, 4) is 0 Å². The van der Waals surface area contributed by atoms with E-state index < -0.39 is 34.8 Å². The zero-order chi connectivity index (χ0) is 13.0. The van der Waals surface area contributed by atoms with Gasteiger partial charge in [0.05, 0.1) is 12.1 Å². The Morgan fingerprint density at radius 3 is 2.24 bits per heavy atom. The van der Waals surface area contributed by atoms with Crippen LogP contribution in [0.4, 0.5) is 14.5 Å². The van der Waals surface area contributed by atoms with Gasteiger partial charge in [0.2, 0.25) is 5.91 Å². The molecule has 0 fully saturated rings. The summed E-state index contributed by atoms with van der Waals surface area (Å²) in [6.07, 6.45) is 0. The molecule has 0 atom stereocenters. The zero-order valence-electron chi connectivity index (χ0n) is 8.88. The fourth-order valence-corrected chi connectivity index (χ4v) is 1.12. The molecule has 0 radical (unpaired) electrons. The third-order valence-corrected chi connectivity index (χ3v) is 1.99. The Bertz CT molecular complexity index is 440. The average molecular weight is 244 g/mol. The van der Waals surface area contributed by atoms with E-state index in [1.807, 2.05) is 0 Å². The molecule has 92 valence electrons. The number of aromatic carboxylic acids is 1. The minimum atomic E-state index is -1.43. The van der Waals surface area contributed by atoms with Crippen molar-refractivity contribution in [2.75, 3.05) is 18.9 Å². The number of hydrogen-bond donors (Lipinski definition) is 3. The molecule has 0 unspecified atom stereocenters. The molecule has 0 bridgehead atoms. The Morgan fingerprint density at radius 1 is 1.29 bits per heavy atom. The van der Waals surface area contributed by atoms with Crippen molar-refractivity contribution in [1.29, 1.82) is 0 Å². The average Bonchev–Trinajstić information content (AvgIpc) is 2.27. The van der Waals surface area contributed by atoms with Crippen molar-refractivity contribution >= 4 is 17.6 Å². The van der Waals surface area contributed by atoms with Crippen LogP contribution in [-0.2, 0) is 4.79 Å². The van der Waals surface area contributed by atoms with Crippen molar-refractivity contribution in [2.45, 2.75) is 0 Å². The number of carbonyl (C=O) groups is 2. The molecule has 7 heteroatoms. The van der Waals surface area contributed by atoms with E-state index in [1.54, 1.807) is 0 Å². The normalized spacial score (nSPS) is 9.82. The first-order valence-electron chi connectivity index (χ1n) is 4.62. The molecule has 0 aromatic heterocycles. The zero-order valence-corrected chi connectivity index (χ0v) is 8.88. The Balaban J connectivity index is 2.94. The standard InChI is InChI=1S/C10H10F2N2O3/c1-13-8(15)4-14-9-6(11)2-5(10(16)17)3-7(9)12/h2-3,14H,4H2,1H3,(H,13,15)(H,16,17). The Labute approximate surface area is 95.4 Å². The van der Waals surface area contributed by atoms with Gasteiger partial charge in [-0.2, -0.15) is 0 Å². The molecule has 0 aliphatic carbocycles. The van der Waals surface area contributed by atoms with Crippen molar-refractivity contribution in [2.24, 2.45) is 0 Å². The highest BCUT2D eigenvalue weighted by molar-refractivity contribution is 5.88. The summed E-state index contributed by atoms with van der Waals surface area (Å²) in [6.45, 7) is -0.309. The van der Waals surface area contributed by atoms with Gasteiger partial charge in [-0.25, -0.2) is 13.6 Å². The molecule has 1 rings (SSSR count). The third-order valence-electron chi connectivity index (χ3n) is 1.99. The summed E-state index contributed by atoms with van der Waals surface area (Å²) >= 11 is 0. The Hall–Kier alpha value is -2.18. The molecule has 0 saturated carbocycles. The largest absolute Gasteiger partial charge is 0.478 e. The number of carboxylic acids is 1. The van der Waals surface area contributed by atoms with E-state index in [1.165, 1.54) is 7.05 Å². The number of hydrogen-bond acceptors (Lipinski definition) is 3. The van der Waals surface area contributed by atoms with Gasteiger partial charge in [-0.3, -0.25) is 4.79 Å². The molecule has 17 heavy (non-hydrogen) atoms. The predicted molar refractivity (Wildman–Crippen MR) is 55.9 cm³/mol. The summed E-state index contributed by atoms with van der Waals surface area (Å²) < 4.78 is 26.7. The van der Waals surface area contributed by atoms with Crippen LogP contribution in [0.1, 0.15) is 10.4 Å². The van der Waals surface area contributed by atoms with Gasteiger partial charge in [-0.1, -0.05) is 0 Å². The van der Waals surface area contributed by atoms with Gasteiger partial charge in [0.1, 0.15) is 17.3 Å². The molecule has 5 nitrogen and oxygen atoms in total. The van der Waals surface area contributed by atoms with Gasteiger partial charge in [0.15, 0.2) is 0 Å². The van der Waals surface area contributed by atoms with Crippen LogP contribution in [0.3, 0.4) is 0 Å². The van der Waals surface area contributed by atoms with Crippen molar-refractivity contribution in [3.63, 3.8) is 0 Å². The number of carboxylic acid groups (broad SMARTS) is 1. The fourth-order valence-electron chi connectivity index (χ4n) is 1.12. The summed E-state index contributed by atoms with van der Waals surface area (Å²) in [5.41, 5.74) is -1.02. The SMILES string of the molecule is CNC(=O)CNc1c(F)cc(C(=O)O)cc1F. The molecule has 0 aliphatic heterocycles. The highest BCUT2D eigenvalue weighted by atomic mass is 19.1. The molecule has 0 aliphatic rings. The maximum atomic E-state index is 13.3. The molecule has 0 spiro atoms. The molecule has 0 heterocycles. The summed E-state index contributed by atoms with van der Waals surface area (Å²) in [6, 6.07) is 1.36. The molecule has 3 N–H and O–H groups in total.